The number of ether oxygens (including phenoxy) is 1. The minimum Gasteiger partial charge on any atom is -0.377 e. The minimum atomic E-state index is 0.218. The highest BCUT2D eigenvalue weighted by molar-refractivity contribution is 4.81. The highest BCUT2D eigenvalue weighted by atomic mass is 16.5. The van der Waals surface area contributed by atoms with Gasteiger partial charge < -0.3 is 4.74 Å². The van der Waals surface area contributed by atoms with E-state index in [4.69, 9.17) is 4.74 Å². The largest absolute Gasteiger partial charge is 0.377 e. The fourth-order valence-corrected chi connectivity index (χ4v) is 0.641. The molecule has 1 atom stereocenters. The van der Waals surface area contributed by atoms with Crippen LogP contribution < -0.4 is 0 Å². The lowest BCUT2D eigenvalue weighted by Gasteiger charge is -2.13. The second-order valence-electron chi connectivity index (χ2n) is 2.18. The van der Waals surface area contributed by atoms with E-state index < -0.39 is 0 Å². The van der Waals surface area contributed by atoms with Crippen molar-refractivity contribution in [3.63, 3.8) is 0 Å². The summed E-state index contributed by atoms with van der Waals surface area (Å²) in [5, 5.41) is 0. The van der Waals surface area contributed by atoms with E-state index in [1.54, 1.807) is 7.11 Å². The first-order valence-corrected chi connectivity index (χ1v) is 2.87. The smallest absolute Gasteiger partial charge is 0.0772 e. The van der Waals surface area contributed by atoms with E-state index in [-0.39, 0.29) is 6.10 Å². The molecule has 1 unspecified atom stereocenters. The van der Waals surface area contributed by atoms with Crippen LogP contribution in [0.2, 0.25) is 0 Å². The zero-order chi connectivity index (χ0) is 6.57. The molecule has 0 aliphatic heterocycles. The van der Waals surface area contributed by atoms with Crippen molar-refractivity contribution in [1.82, 2.24) is 0 Å². The zero-order valence-electron chi connectivity index (χ0n) is 5.85. The second-order valence-corrected chi connectivity index (χ2v) is 2.18. The average molecular weight is 114 g/mol. The van der Waals surface area contributed by atoms with Gasteiger partial charge in [-0.15, -0.1) is 6.58 Å². The van der Waals surface area contributed by atoms with E-state index in [0.717, 1.165) is 0 Å². The van der Waals surface area contributed by atoms with Gasteiger partial charge in [0.05, 0.1) is 6.10 Å². The molecule has 0 bridgehead atoms. The summed E-state index contributed by atoms with van der Waals surface area (Å²) in [4.78, 5) is 0. The average Bonchev–Trinajstić information content (AvgIpc) is 1.69. The molecule has 0 amide bonds. The lowest BCUT2D eigenvalue weighted by molar-refractivity contribution is 0.104. The molecule has 0 heterocycles. The molecular formula is C7H14O. The van der Waals surface area contributed by atoms with Crippen LogP contribution in [0.15, 0.2) is 12.7 Å². The lowest BCUT2D eigenvalue weighted by atomic mass is 10.1. The number of hydrogen-bond acceptors (Lipinski definition) is 1. The summed E-state index contributed by atoms with van der Waals surface area (Å²) in [5.41, 5.74) is 0. The number of rotatable bonds is 3. The van der Waals surface area contributed by atoms with Crippen LogP contribution in [0.1, 0.15) is 13.8 Å². The molecule has 0 aliphatic carbocycles. The molecule has 1 heteroatoms. The van der Waals surface area contributed by atoms with Crippen LogP contribution in [0.3, 0.4) is 0 Å². The van der Waals surface area contributed by atoms with Crippen molar-refractivity contribution in [1.29, 1.82) is 0 Å². The molecule has 0 saturated heterocycles. The van der Waals surface area contributed by atoms with Gasteiger partial charge in [0.15, 0.2) is 0 Å². The first-order valence-electron chi connectivity index (χ1n) is 2.87. The van der Waals surface area contributed by atoms with Crippen molar-refractivity contribution in [3.8, 4) is 0 Å². The zero-order valence-corrected chi connectivity index (χ0v) is 5.85. The van der Waals surface area contributed by atoms with Crippen molar-refractivity contribution >= 4 is 0 Å². The van der Waals surface area contributed by atoms with Gasteiger partial charge in [-0.2, -0.15) is 0 Å². The van der Waals surface area contributed by atoms with Gasteiger partial charge in [-0.25, -0.2) is 0 Å². The Labute approximate surface area is 51.4 Å². The van der Waals surface area contributed by atoms with E-state index in [0.29, 0.717) is 5.92 Å². The molecule has 0 N–H and O–H groups in total. The van der Waals surface area contributed by atoms with Crippen molar-refractivity contribution in [2.45, 2.75) is 20.0 Å². The van der Waals surface area contributed by atoms with Crippen LogP contribution in [0, 0.1) is 5.92 Å². The molecule has 0 rings (SSSR count). The van der Waals surface area contributed by atoms with Crippen molar-refractivity contribution < 1.29 is 4.74 Å². The standard InChI is InChI=1S/C7H14O/c1-5-7(8-4)6(2)3/h5-7H,1H2,2-4H3. The second kappa shape index (κ2) is 3.67. The van der Waals surface area contributed by atoms with Gasteiger partial charge in [-0.05, 0) is 5.92 Å². The molecule has 0 spiro atoms. The maximum atomic E-state index is 5.04. The van der Waals surface area contributed by atoms with Gasteiger partial charge in [0.25, 0.3) is 0 Å². The highest BCUT2D eigenvalue weighted by Gasteiger charge is 2.04. The summed E-state index contributed by atoms with van der Waals surface area (Å²) in [5.74, 6) is 0.539. The van der Waals surface area contributed by atoms with Crippen LogP contribution in [0.25, 0.3) is 0 Å². The molecule has 0 fully saturated rings. The normalized spacial score (nSPS) is 14.0. The third kappa shape index (κ3) is 2.12. The molecule has 0 aromatic carbocycles. The fourth-order valence-electron chi connectivity index (χ4n) is 0.641. The van der Waals surface area contributed by atoms with Crippen LogP contribution in [-0.4, -0.2) is 13.2 Å². The van der Waals surface area contributed by atoms with Crippen LogP contribution in [-0.2, 0) is 4.74 Å². The first kappa shape index (κ1) is 7.70. The predicted octanol–water partition coefficient (Wildman–Crippen LogP) is 1.84. The van der Waals surface area contributed by atoms with Gasteiger partial charge in [-0.1, -0.05) is 19.9 Å². The maximum absolute atomic E-state index is 5.04. The van der Waals surface area contributed by atoms with Crippen LogP contribution in [0.4, 0.5) is 0 Å². The van der Waals surface area contributed by atoms with Gasteiger partial charge in [0, 0.05) is 7.11 Å². The monoisotopic (exact) mass is 114 g/mol. The molecule has 0 radical (unpaired) electrons. The van der Waals surface area contributed by atoms with E-state index in [9.17, 15) is 0 Å². The molecule has 1 nitrogen and oxygen atoms in total. The van der Waals surface area contributed by atoms with E-state index in [2.05, 4.69) is 20.4 Å². The van der Waals surface area contributed by atoms with E-state index in [1.165, 1.54) is 0 Å². The fraction of sp³-hybridized carbons (Fsp3) is 0.714. The molecule has 48 valence electrons. The van der Waals surface area contributed by atoms with Crippen molar-refractivity contribution in [2.24, 2.45) is 5.92 Å². The van der Waals surface area contributed by atoms with Crippen LogP contribution >= 0.6 is 0 Å². The van der Waals surface area contributed by atoms with Gasteiger partial charge >= 0.3 is 0 Å². The Bertz CT molecular complexity index is 66.8. The van der Waals surface area contributed by atoms with Gasteiger partial charge in [0.1, 0.15) is 0 Å². The van der Waals surface area contributed by atoms with Crippen LogP contribution in [0.5, 0.6) is 0 Å². The number of methoxy groups -OCH3 is 1. The lowest BCUT2D eigenvalue weighted by Crippen LogP contribution is -2.13. The summed E-state index contributed by atoms with van der Waals surface area (Å²) in [7, 11) is 1.70. The Morgan fingerprint density at radius 3 is 2.00 bits per heavy atom. The summed E-state index contributed by atoms with van der Waals surface area (Å²) in [6, 6.07) is 0. The summed E-state index contributed by atoms with van der Waals surface area (Å²) in [6.45, 7) is 7.84. The Kier molecular flexibility index (Phi) is 3.53. The quantitative estimate of drug-likeness (QED) is 0.509. The minimum absolute atomic E-state index is 0.218. The van der Waals surface area contributed by atoms with E-state index in [1.807, 2.05) is 6.08 Å². The summed E-state index contributed by atoms with van der Waals surface area (Å²) >= 11 is 0. The first-order chi connectivity index (χ1) is 3.72. The highest BCUT2D eigenvalue weighted by Crippen LogP contribution is 2.04. The van der Waals surface area contributed by atoms with Crippen molar-refractivity contribution in [3.05, 3.63) is 12.7 Å². The Hall–Kier alpha value is -0.300. The third-order valence-electron chi connectivity index (χ3n) is 1.16. The summed E-state index contributed by atoms with van der Waals surface area (Å²) in [6.07, 6.45) is 2.04. The number of hydrogen-bond donors (Lipinski definition) is 0. The molecular weight excluding hydrogens is 100 g/mol. The molecule has 0 aromatic rings. The predicted molar refractivity (Wildman–Crippen MR) is 35.8 cm³/mol. The third-order valence-corrected chi connectivity index (χ3v) is 1.16. The molecule has 0 aromatic heterocycles. The summed E-state index contributed by atoms with van der Waals surface area (Å²) < 4.78 is 5.04. The topological polar surface area (TPSA) is 9.23 Å². The molecule has 0 aliphatic rings. The molecule has 0 saturated carbocycles. The van der Waals surface area contributed by atoms with Gasteiger partial charge in [0.2, 0.25) is 0 Å². The maximum Gasteiger partial charge on any atom is 0.0772 e. The van der Waals surface area contributed by atoms with E-state index >= 15 is 0 Å². The molecule has 8 heavy (non-hydrogen) atoms. The Morgan fingerprint density at radius 1 is 1.50 bits per heavy atom. The SMILES string of the molecule is C=CC(OC)C(C)C. The van der Waals surface area contributed by atoms with Crippen molar-refractivity contribution in [2.75, 3.05) is 7.11 Å². The Balaban J connectivity index is 3.51. The Morgan fingerprint density at radius 2 is 2.00 bits per heavy atom. The van der Waals surface area contributed by atoms with Gasteiger partial charge in [-0.3, -0.25) is 0 Å².